The number of carbonyl (C=O) groups excluding carboxylic acids is 1. The zero-order valence-corrected chi connectivity index (χ0v) is 12.4. The van der Waals surface area contributed by atoms with Crippen molar-refractivity contribution < 1.29 is 4.79 Å². The van der Waals surface area contributed by atoms with E-state index >= 15 is 0 Å². The zero-order chi connectivity index (χ0) is 12.4. The van der Waals surface area contributed by atoms with Gasteiger partial charge in [-0.2, -0.15) is 0 Å². The van der Waals surface area contributed by atoms with Crippen LogP contribution in [-0.4, -0.2) is 42.7 Å². The quantitative estimate of drug-likeness (QED) is 0.865. The molecule has 2 heterocycles. The highest BCUT2D eigenvalue weighted by atomic mass is 35.5. The number of nitrogens with one attached hydrogen (secondary N) is 1. The van der Waals surface area contributed by atoms with Crippen LogP contribution in [-0.2, 0) is 4.79 Å². The van der Waals surface area contributed by atoms with Gasteiger partial charge in [0.15, 0.2) is 0 Å². The normalized spacial score (nSPS) is 24.9. The van der Waals surface area contributed by atoms with E-state index in [-0.39, 0.29) is 12.4 Å². The molecule has 5 heteroatoms. The summed E-state index contributed by atoms with van der Waals surface area (Å²) in [5.74, 6) is 2.24. The molecule has 104 valence electrons. The van der Waals surface area contributed by atoms with Gasteiger partial charge in [0.1, 0.15) is 0 Å². The van der Waals surface area contributed by atoms with Gasteiger partial charge in [-0.05, 0) is 24.0 Å². The van der Waals surface area contributed by atoms with Gasteiger partial charge in [0.2, 0.25) is 5.91 Å². The molecule has 1 amide bonds. The van der Waals surface area contributed by atoms with Crippen LogP contribution in [0.1, 0.15) is 0 Å². The lowest BCUT2D eigenvalue weighted by atomic mass is 10.0. The third kappa shape index (κ3) is 3.44. The summed E-state index contributed by atoms with van der Waals surface area (Å²) in [5, 5.41) is 3.40. The Balaban J connectivity index is 0.00000133. The lowest BCUT2D eigenvalue weighted by molar-refractivity contribution is -0.127. The number of rotatable bonds is 3. The Bertz CT molecular complexity index is 417. The minimum Gasteiger partial charge on any atom is -0.341 e. The molecule has 0 radical (unpaired) electrons. The number of hydrogen-bond acceptors (Lipinski definition) is 3. The fourth-order valence-electron chi connectivity index (χ4n) is 2.81. The Labute approximate surface area is 124 Å². The number of halogens is 1. The first-order valence-electron chi connectivity index (χ1n) is 6.49. The third-order valence-corrected chi connectivity index (χ3v) is 4.84. The van der Waals surface area contributed by atoms with Gasteiger partial charge in [-0.1, -0.05) is 18.2 Å². The van der Waals surface area contributed by atoms with Gasteiger partial charge < -0.3 is 10.2 Å². The molecular formula is C14H19ClN2OS. The molecule has 19 heavy (non-hydrogen) atoms. The molecule has 0 unspecified atom stereocenters. The van der Waals surface area contributed by atoms with Gasteiger partial charge in [-0.3, -0.25) is 4.79 Å². The standard InChI is InChI=1S/C14H18N2OS.ClH/c17-14(10-18-13-4-2-1-3-5-13)16-8-11-6-15-7-12(11)9-16;/h1-5,11-12,15H,6-10H2;1H/t11-,12+;. The van der Waals surface area contributed by atoms with Crippen molar-refractivity contribution >= 4 is 30.1 Å². The van der Waals surface area contributed by atoms with Gasteiger partial charge in [0.05, 0.1) is 5.75 Å². The Kier molecular flexibility index (Phi) is 5.13. The van der Waals surface area contributed by atoms with Crippen LogP contribution >= 0.6 is 24.2 Å². The molecule has 2 aliphatic rings. The molecule has 3 nitrogen and oxygen atoms in total. The van der Waals surface area contributed by atoms with Crippen LogP contribution in [0.2, 0.25) is 0 Å². The fourth-order valence-corrected chi connectivity index (χ4v) is 3.63. The second-order valence-corrected chi connectivity index (χ2v) is 6.13. The molecule has 3 rings (SSSR count). The summed E-state index contributed by atoms with van der Waals surface area (Å²) in [6.45, 7) is 4.07. The summed E-state index contributed by atoms with van der Waals surface area (Å²) in [6.07, 6.45) is 0. The maximum absolute atomic E-state index is 12.1. The van der Waals surface area contributed by atoms with Crippen molar-refractivity contribution in [3.05, 3.63) is 30.3 Å². The summed E-state index contributed by atoms with van der Waals surface area (Å²) < 4.78 is 0. The van der Waals surface area contributed by atoms with E-state index in [9.17, 15) is 4.79 Å². The maximum atomic E-state index is 12.1. The third-order valence-electron chi connectivity index (χ3n) is 3.85. The van der Waals surface area contributed by atoms with E-state index < -0.39 is 0 Å². The monoisotopic (exact) mass is 298 g/mol. The molecule has 0 bridgehead atoms. The Morgan fingerprint density at radius 1 is 1.21 bits per heavy atom. The largest absolute Gasteiger partial charge is 0.341 e. The number of likely N-dealkylation sites (tertiary alicyclic amines) is 1. The Morgan fingerprint density at radius 2 is 1.84 bits per heavy atom. The van der Waals surface area contributed by atoms with Crippen molar-refractivity contribution in [2.45, 2.75) is 4.90 Å². The highest BCUT2D eigenvalue weighted by Gasteiger charge is 2.37. The first kappa shape index (κ1) is 14.7. The molecule has 0 saturated carbocycles. The number of benzene rings is 1. The molecule has 1 aromatic carbocycles. The van der Waals surface area contributed by atoms with Crippen molar-refractivity contribution in [1.82, 2.24) is 10.2 Å². The number of carbonyl (C=O) groups is 1. The lowest BCUT2D eigenvalue weighted by Gasteiger charge is -2.17. The van der Waals surface area contributed by atoms with Crippen molar-refractivity contribution in [1.29, 1.82) is 0 Å². The van der Waals surface area contributed by atoms with Crippen LogP contribution in [0.5, 0.6) is 0 Å². The second kappa shape index (κ2) is 6.64. The minimum atomic E-state index is 0. The van der Waals surface area contributed by atoms with Crippen molar-refractivity contribution in [3.8, 4) is 0 Å². The van der Waals surface area contributed by atoms with E-state index in [2.05, 4.69) is 17.4 Å². The van der Waals surface area contributed by atoms with Gasteiger partial charge in [-0.25, -0.2) is 0 Å². The van der Waals surface area contributed by atoms with Crippen LogP contribution in [0, 0.1) is 11.8 Å². The minimum absolute atomic E-state index is 0. The maximum Gasteiger partial charge on any atom is 0.232 e. The van der Waals surface area contributed by atoms with Crippen LogP contribution < -0.4 is 5.32 Å². The van der Waals surface area contributed by atoms with Crippen LogP contribution in [0.4, 0.5) is 0 Å². The zero-order valence-electron chi connectivity index (χ0n) is 10.7. The van der Waals surface area contributed by atoms with Crippen molar-refractivity contribution in [2.24, 2.45) is 11.8 Å². The van der Waals surface area contributed by atoms with E-state index in [0.29, 0.717) is 23.5 Å². The SMILES string of the molecule is Cl.O=C(CSc1ccccc1)N1C[C@H]2CNC[C@H]2C1. The molecule has 2 saturated heterocycles. The van der Waals surface area contributed by atoms with E-state index in [0.717, 1.165) is 26.2 Å². The topological polar surface area (TPSA) is 32.3 Å². The molecule has 2 fully saturated rings. The summed E-state index contributed by atoms with van der Waals surface area (Å²) >= 11 is 1.64. The van der Waals surface area contributed by atoms with Crippen LogP contribution in [0.3, 0.4) is 0 Å². The molecule has 2 atom stereocenters. The molecule has 2 aliphatic heterocycles. The lowest BCUT2D eigenvalue weighted by Crippen LogP contribution is -2.33. The first-order chi connectivity index (χ1) is 8.83. The van der Waals surface area contributed by atoms with Gasteiger partial charge in [0.25, 0.3) is 0 Å². The molecule has 1 N–H and O–H groups in total. The summed E-state index contributed by atoms with van der Waals surface area (Å²) in [7, 11) is 0. The number of hydrogen-bond donors (Lipinski definition) is 1. The van der Waals surface area contributed by atoms with Crippen LogP contribution in [0.25, 0.3) is 0 Å². The highest BCUT2D eigenvalue weighted by Crippen LogP contribution is 2.27. The summed E-state index contributed by atoms with van der Waals surface area (Å²) in [5.41, 5.74) is 0. The van der Waals surface area contributed by atoms with E-state index in [1.165, 1.54) is 4.90 Å². The predicted molar refractivity (Wildman–Crippen MR) is 80.8 cm³/mol. The first-order valence-corrected chi connectivity index (χ1v) is 7.48. The fraction of sp³-hybridized carbons (Fsp3) is 0.500. The average Bonchev–Trinajstić information content (AvgIpc) is 2.98. The average molecular weight is 299 g/mol. The summed E-state index contributed by atoms with van der Waals surface area (Å²) in [4.78, 5) is 15.4. The molecule has 0 aliphatic carbocycles. The number of fused-ring (bicyclic) bond motifs is 1. The van der Waals surface area contributed by atoms with E-state index in [1.807, 2.05) is 23.1 Å². The Morgan fingerprint density at radius 3 is 2.47 bits per heavy atom. The second-order valence-electron chi connectivity index (χ2n) is 5.08. The summed E-state index contributed by atoms with van der Waals surface area (Å²) in [6, 6.07) is 10.1. The molecule has 0 aromatic heterocycles. The molecular weight excluding hydrogens is 280 g/mol. The smallest absolute Gasteiger partial charge is 0.232 e. The van der Waals surface area contributed by atoms with Crippen molar-refractivity contribution in [2.75, 3.05) is 31.9 Å². The van der Waals surface area contributed by atoms with Crippen LogP contribution in [0.15, 0.2) is 35.2 Å². The number of amides is 1. The van der Waals surface area contributed by atoms with Gasteiger partial charge in [-0.15, -0.1) is 24.2 Å². The number of nitrogens with zero attached hydrogens (tertiary/aromatic N) is 1. The van der Waals surface area contributed by atoms with Crippen molar-refractivity contribution in [3.63, 3.8) is 0 Å². The predicted octanol–water partition coefficient (Wildman–Crippen LogP) is 1.88. The number of thioether (sulfide) groups is 1. The molecule has 0 spiro atoms. The van der Waals surface area contributed by atoms with Gasteiger partial charge in [0, 0.05) is 31.1 Å². The van der Waals surface area contributed by atoms with E-state index in [4.69, 9.17) is 0 Å². The highest BCUT2D eigenvalue weighted by molar-refractivity contribution is 8.00. The Hall–Kier alpha value is -0.710. The van der Waals surface area contributed by atoms with E-state index in [1.54, 1.807) is 11.8 Å². The van der Waals surface area contributed by atoms with Gasteiger partial charge >= 0.3 is 0 Å². The molecule has 1 aromatic rings.